The van der Waals surface area contributed by atoms with E-state index < -0.39 is 17.5 Å². The standard InChI is InChI=1S/C16H10F3NO2/c1-9-3-2-4-12-13(9)15(21)14(20(12)22)10-5-7-11(8-6-10)16(17,18)19/h2-8H,1H3. The topological polar surface area (TPSA) is 43.1 Å². The van der Waals surface area contributed by atoms with Gasteiger partial charge in [-0.25, -0.2) is 0 Å². The van der Waals surface area contributed by atoms with Crippen LogP contribution in [0.4, 0.5) is 18.9 Å². The van der Waals surface area contributed by atoms with Crippen molar-refractivity contribution in [2.75, 3.05) is 0 Å². The number of alkyl halides is 3. The molecule has 2 aromatic rings. The number of benzene rings is 2. The largest absolute Gasteiger partial charge is 0.618 e. The van der Waals surface area contributed by atoms with Gasteiger partial charge in [-0.2, -0.15) is 17.9 Å². The Morgan fingerprint density at radius 1 is 1.05 bits per heavy atom. The third kappa shape index (κ3) is 2.07. The van der Waals surface area contributed by atoms with Gasteiger partial charge in [-0.15, -0.1) is 0 Å². The van der Waals surface area contributed by atoms with Crippen LogP contribution in [0.25, 0.3) is 0 Å². The molecule has 0 saturated heterocycles. The van der Waals surface area contributed by atoms with Gasteiger partial charge in [0.25, 0.3) is 11.5 Å². The van der Waals surface area contributed by atoms with Crippen LogP contribution < -0.4 is 0 Å². The molecule has 1 heterocycles. The molecule has 0 unspecified atom stereocenters. The van der Waals surface area contributed by atoms with E-state index in [2.05, 4.69) is 0 Å². The molecule has 6 heteroatoms. The molecule has 3 nitrogen and oxygen atoms in total. The fourth-order valence-electron chi connectivity index (χ4n) is 2.51. The highest BCUT2D eigenvalue weighted by atomic mass is 19.4. The highest BCUT2D eigenvalue weighted by molar-refractivity contribution is 6.52. The van der Waals surface area contributed by atoms with Crippen molar-refractivity contribution >= 4 is 17.2 Å². The van der Waals surface area contributed by atoms with Gasteiger partial charge in [0.05, 0.1) is 11.1 Å². The molecule has 0 N–H and O–H groups in total. The van der Waals surface area contributed by atoms with Crippen LogP contribution in [0.3, 0.4) is 0 Å². The number of carbonyl (C=O) groups is 1. The summed E-state index contributed by atoms with van der Waals surface area (Å²) in [6.45, 7) is 1.71. The van der Waals surface area contributed by atoms with E-state index in [1.165, 1.54) is 6.07 Å². The summed E-state index contributed by atoms with van der Waals surface area (Å²) in [6, 6.07) is 8.88. The van der Waals surface area contributed by atoms with Gasteiger partial charge in [0.2, 0.25) is 5.69 Å². The number of nitrogens with zero attached hydrogens (tertiary/aromatic N) is 1. The molecular formula is C16H10F3NO2. The Morgan fingerprint density at radius 2 is 1.68 bits per heavy atom. The summed E-state index contributed by atoms with van der Waals surface area (Å²) >= 11 is 0. The van der Waals surface area contributed by atoms with Crippen molar-refractivity contribution in [2.45, 2.75) is 13.1 Å². The predicted molar refractivity (Wildman–Crippen MR) is 74.3 cm³/mol. The Labute approximate surface area is 123 Å². The number of aryl methyl sites for hydroxylation is 1. The Morgan fingerprint density at radius 3 is 2.23 bits per heavy atom. The molecule has 0 aromatic heterocycles. The molecule has 1 aliphatic rings. The molecule has 1 aliphatic heterocycles. The van der Waals surface area contributed by atoms with Crippen molar-refractivity contribution in [1.29, 1.82) is 0 Å². The van der Waals surface area contributed by atoms with Gasteiger partial charge in [0.1, 0.15) is 5.56 Å². The van der Waals surface area contributed by atoms with Crippen LogP contribution >= 0.6 is 0 Å². The maximum Gasteiger partial charge on any atom is 0.416 e. The number of carbonyl (C=O) groups excluding carboxylic acids is 1. The van der Waals surface area contributed by atoms with E-state index in [0.717, 1.165) is 24.3 Å². The maximum atomic E-state index is 12.6. The van der Waals surface area contributed by atoms with Crippen LogP contribution in [0.15, 0.2) is 42.5 Å². The molecule has 0 bridgehead atoms. The zero-order valence-electron chi connectivity index (χ0n) is 11.4. The van der Waals surface area contributed by atoms with Crippen molar-refractivity contribution in [3.63, 3.8) is 0 Å². The van der Waals surface area contributed by atoms with E-state index in [0.29, 0.717) is 15.9 Å². The average molecular weight is 305 g/mol. The third-order valence-electron chi connectivity index (χ3n) is 3.60. The van der Waals surface area contributed by atoms with Gasteiger partial charge < -0.3 is 5.21 Å². The van der Waals surface area contributed by atoms with Gasteiger partial charge in [-0.3, -0.25) is 4.79 Å². The Balaban J connectivity index is 2.09. The highest BCUT2D eigenvalue weighted by Crippen LogP contribution is 2.32. The maximum absolute atomic E-state index is 12.6. The SMILES string of the molecule is Cc1cccc2c1C(=O)C(c1ccc(C(F)(F)F)cc1)=[N+]2[O-]. The van der Waals surface area contributed by atoms with Crippen molar-refractivity contribution in [3.8, 4) is 0 Å². The van der Waals surface area contributed by atoms with E-state index in [-0.39, 0.29) is 17.0 Å². The van der Waals surface area contributed by atoms with Gasteiger partial charge in [-0.1, -0.05) is 12.1 Å². The summed E-state index contributed by atoms with van der Waals surface area (Å²) in [5, 5.41) is 12.3. The molecule has 3 rings (SSSR count). The molecule has 0 radical (unpaired) electrons. The molecule has 22 heavy (non-hydrogen) atoms. The lowest BCUT2D eigenvalue weighted by Gasteiger charge is -2.07. The fraction of sp³-hybridized carbons (Fsp3) is 0.125. The van der Waals surface area contributed by atoms with Gasteiger partial charge in [0.15, 0.2) is 0 Å². The number of Topliss-reactive ketones (excluding diaryl/α,β-unsaturated/α-hetero) is 1. The summed E-state index contributed by atoms with van der Waals surface area (Å²) in [5.41, 5.74) is 0.368. The summed E-state index contributed by atoms with van der Waals surface area (Å²) in [7, 11) is 0. The highest BCUT2D eigenvalue weighted by Gasteiger charge is 2.38. The van der Waals surface area contributed by atoms with Crippen molar-refractivity contribution in [2.24, 2.45) is 0 Å². The Kier molecular flexibility index (Phi) is 3.05. The summed E-state index contributed by atoms with van der Waals surface area (Å²) in [6.07, 6.45) is -4.46. The first-order valence-electron chi connectivity index (χ1n) is 6.47. The van der Waals surface area contributed by atoms with E-state index in [4.69, 9.17) is 0 Å². The second-order valence-corrected chi connectivity index (χ2v) is 5.02. The van der Waals surface area contributed by atoms with E-state index in [9.17, 15) is 23.2 Å². The third-order valence-corrected chi connectivity index (χ3v) is 3.60. The lowest BCUT2D eigenvalue weighted by Crippen LogP contribution is -2.17. The van der Waals surface area contributed by atoms with Gasteiger partial charge in [-0.05, 0) is 36.8 Å². The van der Waals surface area contributed by atoms with Crippen LogP contribution in [-0.2, 0) is 6.18 Å². The van der Waals surface area contributed by atoms with Crippen LogP contribution in [0.1, 0.15) is 27.0 Å². The molecule has 0 aliphatic carbocycles. The first-order valence-corrected chi connectivity index (χ1v) is 6.47. The molecule has 112 valence electrons. The molecular weight excluding hydrogens is 295 g/mol. The number of halogens is 3. The number of rotatable bonds is 1. The zero-order valence-corrected chi connectivity index (χ0v) is 11.4. The summed E-state index contributed by atoms with van der Waals surface area (Å²) in [4.78, 5) is 12.4. The van der Waals surface area contributed by atoms with E-state index in [1.54, 1.807) is 19.1 Å². The van der Waals surface area contributed by atoms with Crippen molar-refractivity contribution in [1.82, 2.24) is 0 Å². The number of fused-ring (bicyclic) bond motifs is 1. The first-order chi connectivity index (χ1) is 10.3. The monoisotopic (exact) mass is 305 g/mol. The smallest absolute Gasteiger partial charge is 0.416 e. The lowest BCUT2D eigenvalue weighted by atomic mass is 9.99. The number of hydrogen-bond acceptors (Lipinski definition) is 2. The van der Waals surface area contributed by atoms with Crippen LogP contribution in [-0.4, -0.2) is 16.2 Å². The van der Waals surface area contributed by atoms with E-state index >= 15 is 0 Å². The molecule has 0 fully saturated rings. The second kappa shape index (κ2) is 4.69. The number of ketones is 1. The Hall–Kier alpha value is -2.63. The van der Waals surface area contributed by atoms with Gasteiger partial charge in [0, 0.05) is 6.07 Å². The molecule has 0 atom stereocenters. The van der Waals surface area contributed by atoms with E-state index in [1.807, 2.05) is 0 Å². The number of hydrogen-bond donors (Lipinski definition) is 0. The minimum absolute atomic E-state index is 0.155. The predicted octanol–water partition coefficient (Wildman–Crippen LogP) is 3.84. The molecule has 2 aromatic carbocycles. The molecule has 0 saturated carbocycles. The summed E-state index contributed by atoms with van der Waals surface area (Å²) in [5.74, 6) is -0.470. The van der Waals surface area contributed by atoms with Crippen LogP contribution in [0, 0.1) is 12.1 Å². The lowest BCUT2D eigenvalue weighted by molar-refractivity contribution is -0.355. The quantitative estimate of drug-likeness (QED) is 0.593. The molecule has 0 amide bonds. The fourth-order valence-corrected chi connectivity index (χ4v) is 2.51. The van der Waals surface area contributed by atoms with Crippen molar-refractivity contribution < 1.29 is 22.7 Å². The zero-order chi connectivity index (χ0) is 16.1. The second-order valence-electron chi connectivity index (χ2n) is 5.02. The summed E-state index contributed by atoms with van der Waals surface area (Å²) < 4.78 is 38.2. The first kappa shape index (κ1) is 14.3. The average Bonchev–Trinajstić information content (AvgIpc) is 2.71. The Bertz CT molecular complexity index is 805. The van der Waals surface area contributed by atoms with Crippen molar-refractivity contribution in [3.05, 3.63) is 69.9 Å². The minimum atomic E-state index is -4.46. The van der Waals surface area contributed by atoms with Crippen LogP contribution in [0.2, 0.25) is 0 Å². The minimum Gasteiger partial charge on any atom is -0.618 e. The molecule has 0 spiro atoms. The normalized spacial score (nSPS) is 14.5. The van der Waals surface area contributed by atoms with Gasteiger partial charge >= 0.3 is 6.18 Å². The van der Waals surface area contributed by atoms with Crippen LogP contribution in [0.5, 0.6) is 0 Å².